The van der Waals surface area contributed by atoms with E-state index in [4.69, 9.17) is 0 Å². The highest BCUT2D eigenvalue weighted by atomic mass is 31.1. The first-order valence-electron chi connectivity index (χ1n) is 10.9. The van der Waals surface area contributed by atoms with E-state index >= 15 is 0 Å². The lowest BCUT2D eigenvalue weighted by molar-refractivity contribution is -0.0377. The monoisotopic (exact) mass is 344 g/mol. The van der Waals surface area contributed by atoms with Crippen molar-refractivity contribution in [2.75, 3.05) is 6.16 Å². The van der Waals surface area contributed by atoms with Crippen LogP contribution in [0.4, 0.5) is 0 Å². The van der Waals surface area contributed by atoms with Gasteiger partial charge in [0.1, 0.15) is 0 Å². The first-order valence-corrected chi connectivity index (χ1v) is 12.5. The standard InChI is InChI=1S/C23H37P/c1-4-9-20-21-13-15-24-14-8-11-18(23(21)24)10-6-5-7-12-19-16(2)17(3)22(19)20/h13-14,16-20,22H,4-12,15H2,1-3H3/t16-,17-,18?,19?,20?,22?/m0/s1. The molecule has 7 atom stereocenters. The Bertz CT molecular complexity index is 516. The summed E-state index contributed by atoms with van der Waals surface area (Å²) in [7, 11) is 0.116. The Balaban J connectivity index is 1.68. The van der Waals surface area contributed by atoms with E-state index in [0.717, 1.165) is 35.5 Å². The molecule has 5 unspecified atom stereocenters. The van der Waals surface area contributed by atoms with Gasteiger partial charge in [-0.25, -0.2) is 0 Å². The Morgan fingerprint density at radius 3 is 2.75 bits per heavy atom. The summed E-state index contributed by atoms with van der Waals surface area (Å²) in [6.45, 7) is 7.54. The van der Waals surface area contributed by atoms with Crippen molar-refractivity contribution in [3.8, 4) is 0 Å². The van der Waals surface area contributed by atoms with Crippen LogP contribution in [0.25, 0.3) is 0 Å². The van der Waals surface area contributed by atoms with Crippen LogP contribution in [0.1, 0.15) is 78.6 Å². The van der Waals surface area contributed by atoms with Gasteiger partial charge in [-0.2, -0.15) is 11.6 Å². The second kappa shape index (κ2) is 7.19. The van der Waals surface area contributed by atoms with Crippen molar-refractivity contribution in [3.63, 3.8) is 0 Å². The number of rotatable bonds is 2. The molecule has 0 N–H and O–H groups in total. The number of allylic oxidation sites excluding steroid dienone is 2. The van der Waals surface area contributed by atoms with E-state index in [1.165, 1.54) is 63.9 Å². The van der Waals surface area contributed by atoms with E-state index < -0.39 is 0 Å². The molecule has 1 heteroatoms. The summed E-state index contributed by atoms with van der Waals surface area (Å²) in [6.07, 6.45) is 17.3. The largest absolute Gasteiger partial charge is 0.181 e. The van der Waals surface area contributed by atoms with E-state index in [2.05, 4.69) is 32.6 Å². The zero-order valence-corrected chi connectivity index (χ0v) is 17.0. The lowest BCUT2D eigenvalue weighted by Crippen LogP contribution is -2.48. The number of hydrogen-bond donors (Lipinski definition) is 0. The second-order valence-corrected chi connectivity index (χ2v) is 11.3. The second-order valence-electron chi connectivity index (χ2n) is 9.15. The third-order valence-electron chi connectivity index (χ3n) is 8.02. The van der Waals surface area contributed by atoms with Gasteiger partial charge in [0.2, 0.25) is 0 Å². The molecule has 2 aliphatic carbocycles. The first-order chi connectivity index (χ1) is 11.7. The van der Waals surface area contributed by atoms with Crippen LogP contribution in [-0.4, -0.2) is 12.0 Å². The molecule has 0 spiro atoms. The van der Waals surface area contributed by atoms with Crippen molar-refractivity contribution in [2.24, 2.45) is 35.5 Å². The van der Waals surface area contributed by atoms with Gasteiger partial charge in [0.05, 0.1) is 12.0 Å². The maximum absolute atomic E-state index is 2.74. The minimum atomic E-state index is 0.116. The maximum atomic E-state index is 2.74. The van der Waals surface area contributed by atoms with Gasteiger partial charge in [-0.15, -0.1) is 0 Å². The molecule has 0 bridgehead atoms. The van der Waals surface area contributed by atoms with Crippen LogP contribution >= 0.6 is 7.55 Å². The van der Waals surface area contributed by atoms with Gasteiger partial charge in [-0.1, -0.05) is 59.3 Å². The van der Waals surface area contributed by atoms with Gasteiger partial charge in [0, 0.05) is 14.0 Å². The van der Waals surface area contributed by atoms with E-state index in [1.54, 1.807) is 0 Å². The molecule has 4 aliphatic rings. The highest BCUT2D eigenvalue weighted by Gasteiger charge is 2.49. The predicted octanol–water partition coefficient (Wildman–Crippen LogP) is 7.05. The molecule has 2 saturated carbocycles. The Labute approximate surface area is 151 Å². The fraction of sp³-hybridized carbons (Fsp3) is 0.826. The van der Waals surface area contributed by atoms with Crippen LogP contribution in [-0.2, 0) is 0 Å². The van der Waals surface area contributed by atoms with Crippen molar-refractivity contribution in [3.05, 3.63) is 17.3 Å². The van der Waals surface area contributed by atoms with Crippen LogP contribution in [0.5, 0.6) is 0 Å². The highest BCUT2D eigenvalue weighted by Crippen LogP contribution is 2.63. The molecule has 24 heavy (non-hydrogen) atoms. The molecule has 0 amide bonds. The minimum Gasteiger partial charge on any atom is -0.181 e. The Morgan fingerprint density at radius 2 is 1.92 bits per heavy atom. The SMILES string of the molecule is CCCC1C2=CC[P+]3=CCCC(CCCCCC4C1[C@@H](C)[C@@H]4C)[C-]23. The fourth-order valence-electron chi connectivity index (χ4n) is 6.67. The van der Waals surface area contributed by atoms with Crippen molar-refractivity contribution >= 4 is 13.3 Å². The average Bonchev–Trinajstić information content (AvgIpc) is 3.02. The summed E-state index contributed by atoms with van der Waals surface area (Å²) in [5.41, 5.74) is 3.90. The molecule has 0 aromatic carbocycles. The summed E-state index contributed by atoms with van der Waals surface area (Å²) >= 11 is 0. The van der Waals surface area contributed by atoms with Gasteiger partial charge in [-0.05, 0) is 54.0 Å². The van der Waals surface area contributed by atoms with Crippen molar-refractivity contribution in [2.45, 2.75) is 78.6 Å². The molecule has 2 heterocycles. The Kier molecular flexibility index (Phi) is 5.15. The van der Waals surface area contributed by atoms with Gasteiger partial charge in [0.25, 0.3) is 0 Å². The van der Waals surface area contributed by atoms with Crippen LogP contribution in [0.2, 0.25) is 0 Å². The zero-order chi connectivity index (χ0) is 16.7. The van der Waals surface area contributed by atoms with Crippen molar-refractivity contribution < 1.29 is 0 Å². The van der Waals surface area contributed by atoms with Crippen LogP contribution < -0.4 is 0 Å². The van der Waals surface area contributed by atoms with Crippen LogP contribution in [0.15, 0.2) is 11.6 Å². The first kappa shape index (κ1) is 17.2. The van der Waals surface area contributed by atoms with E-state index in [9.17, 15) is 0 Å². The van der Waals surface area contributed by atoms with Crippen molar-refractivity contribution in [1.29, 1.82) is 0 Å². The molecule has 0 aromatic rings. The molecule has 134 valence electrons. The topological polar surface area (TPSA) is 0 Å². The third-order valence-corrected chi connectivity index (χ3v) is 10.5. The van der Waals surface area contributed by atoms with Gasteiger partial charge < -0.3 is 0 Å². The molecule has 2 fully saturated rings. The summed E-state index contributed by atoms with van der Waals surface area (Å²) in [6, 6.07) is 0. The van der Waals surface area contributed by atoms with Gasteiger partial charge in [-0.3, -0.25) is 0 Å². The van der Waals surface area contributed by atoms with Gasteiger partial charge in [0.15, 0.2) is 0 Å². The normalized spacial score (nSPS) is 43.7. The van der Waals surface area contributed by atoms with Gasteiger partial charge >= 0.3 is 0 Å². The molecule has 0 nitrogen and oxygen atoms in total. The molecule has 2 aliphatic heterocycles. The lowest BCUT2D eigenvalue weighted by atomic mass is 9.51. The summed E-state index contributed by atoms with van der Waals surface area (Å²) < 4.78 is 0. The van der Waals surface area contributed by atoms with Crippen LogP contribution in [0, 0.1) is 41.2 Å². The van der Waals surface area contributed by atoms with E-state index in [1.807, 2.05) is 11.2 Å². The predicted molar refractivity (Wildman–Crippen MR) is 109 cm³/mol. The van der Waals surface area contributed by atoms with Crippen molar-refractivity contribution in [1.82, 2.24) is 0 Å². The quantitative estimate of drug-likeness (QED) is 0.372. The Morgan fingerprint density at radius 1 is 1.08 bits per heavy atom. The minimum absolute atomic E-state index is 0.116. The van der Waals surface area contributed by atoms with E-state index in [0.29, 0.717) is 0 Å². The fourth-order valence-corrected chi connectivity index (χ4v) is 9.38. The molecule has 0 saturated heterocycles. The molecule has 0 radical (unpaired) electrons. The summed E-state index contributed by atoms with van der Waals surface area (Å²) in [5.74, 6) is 8.53. The van der Waals surface area contributed by atoms with E-state index in [-0.39, 0.29) is 7.55 Å². The molecular formula is C23H37P. The summed E-state index contributed by atoms with van der Waals surface area (Å²) in [5, 5.41) is 0. The summed E-state index contributed by atoms with van der Waals surface area (Å²) in [4.78, 5) is 0. The molecule has 4 rings (SSSR count). The highest BCUT2D eigenvalue weighted by molar-refractivity contribution is 7.61. The lowest BCUT2D eigenvalue weighted by Gasteiger charge is -2.55. The molecule has 0 aromatic heterocycles. The maximum Gasteiger partial charge on any atom is 0.0718 e. The van der Waals surface area contributed by atoms with Crippen LogP contribution in [0.3, 0.4) is 0 Å². The third kappa shape index (κ3) is 2.82. The number of hydrogen-bond acceptors (Lipinski definition) is 0. The molecular weight excluding hydrogens is 307 g/mol. The average molecular weight is 345 g/mol. The number of fused-ring (bicyclic) bond motifs is 1. The Hall–Kier alpha value is -0.220. The smallest absolute Gasteiger partial charge is 0.0718 e. The zero-order valence-electron chi connectivity index (χ0n) is 16.1.